The topological polar surface area (TPSA) is 64.8 Å². The van der Waals surface area contributed by atoms with E-state index >= 15 is 0 Å². The number of aryl methyl sites for hydroxylation is 2. The predicted octanol–water partition coefficient (Wildman–Crippen LogP) is 4.04. The van der Waals surface area contributed by atoms with Crippen LogP contribution in [0.25, 0.3) is 5.69 Å². The van der Waals surface area contributed by atoms with Gasteiger partial charge in [-0.15, -0.1) is 5.10 Å². The lowest BCUT2D eigenvalue weighted by atomic mass is 10.1. The summed E-state index contributed by atoms with van der Waals surface area (Å²) < 4.78 is 65.7. The van der Waals surface area contributed by atoms with Crippen LogP contribution in [0, 0.1) is 20.8 Å². The predicted molar refractivity (Wildman–Crippen MR) is 92.5 cm³/mol. The van der Waals surface area contributed by atoms with E-state index in [4.69, 9.17) is 0 Å². The van der Waals surface area contributed by atoms with Gasteiger partial charge in [0.05, 0.1) is 21.8 Å². The molecule has 0 spiro atoms. The fraction of sp³-hybridized carbons (Fsp3) is 0.222. The van der Waals surface area contributed by atoms with Crippen molar-refractivity contribution in [2.75, 3.05) is 0 Å². The van der Waals surface area contributed by atoms with Crippen LogP contribution in [0.2, 0.25) is 0 Å². The van der Waals surface area contributed by atoms with Crippen LogP contribution in [0.1, 0.15) is 22.4 Å². The Hall–Kier alpha value is -2.68. The van der Waals surface area contributed by atoms with E-state index in [1.165, 1.54) is 31.2 Å². The fourth-order valence-electron chi connectivity index (χ4n) is 2.62. The van der Waals surface area contributed by atoms with E-state index in [9.17, 15) is 21.6 Å². The first-order chi connectivity index (χ1) is 12.5. The van der Waals surface area contributed by atoms with E-state index in [1.54, 1.807) is 13.0 Å². The van der Waals surface area contributed by atoms with Crippen LogP contribution in [0.15, 0.2) is 52.4 Å². The second kappa shape index (κ2) is 6.49. The van der Waals surface area contributed by atoms with Gasteiger partial charge in [0.15, 0.2) is 0 Å². The Kier molecular flexibility index (Phi) is 4.59. The van der Waals surface area contributed by atoms with Crippen LogP contribution in [-0.4, -0.2) is 23.4 Å². The van der Waals surface area contributed by atoms with Gasteiger partial charge in [0, 0.05) is 0 Å². The van der Waals surface area contributed by atoms with E-state index in [0.29, 0.717) is 0 Å². The van der Waals surface area contributed by atoms with Gasteiger partial charge in [0.2, 0.25) is 14.9 Å². The Morgan fingerprint density at radius 3 is 2.30 bits per heavy atom. The lowest BCUT2D eigenvalue weighted by Crippen LogP contribution is -2.08. The van der Waals surface area contributed by atoms with Crippen LogP contribution >= 0.6 is 0 Å². The molecular formula is C18H16F3N3O2S. The smallest absolute Gasteiger partial charge is 0.217 e. The summed E-state index contributed by atoms with van der Waals surface area (Å²) in [6, 6.07) is 9.17. The van der Waals surface area contributed by atoms with Crippen molar-refractivity contribution in [1.29, 1.82) is 0 Å². The first-order valence-corrected chi connectivity index (χ1v) is 9.42. The number of hydrogen-bond donors (Lipinski definition) is 0. The van der Waals surface area contributed by atoms with Crippen molar-refractivity contribution >= 4 is 9.84 Å². The minimum Gasteiger partial charge on any atom is -0.217 e. The minimum absolute atomic E-state index is 0.0600. The van der Waals surface area contributed by atoms with Crippen molar-refractivity contribution in [2.24, 2.45) is 0 Å². The third kappa shape index (κ3) is 3.46. The van der Waals surface area contributed by atoms with Crippen molar-refractivity contribution in [1.82, 2.24) is 15.0 Å². The molecular weight excluding hydrogens is 379 g/mol. The number of nitrogens with zero attached hydrogens (tertiary/aromatic N) is 3. The summed E-state index contributed by atoms with van der Waals surface area (Å²) in [6.45, 7) is 5.11. The summed E-state index contributed by atoms with van der Waals surface area (Å²) in [5.74, 6) is 0. The molecule has 0 amide bonds. The van der Waals surface area contributed by atoms with Gasteiger partial charge in [-0.1, -0.05) is 17.3 Å². The fourth-order valence-corrected chi connectivity index (χ4v) is 4.04. The summed E-state index contributed by atoms with van der Waals surface area (Å²) in [7, 11) is -3.95. The van der Waals surface area contributed by atoms with Crippen molar-refractivity contribution < 1.29 is 21.6 Å². The van der Waals surface area contributed by atoms with Gasteiger partial charge in [0.25, 0.3) is 0 Å². The lowest BCUT2D eigenvalue weighted by Gasteiger charge is -2.09. The molecule has 1 aromatic heterocycles. The molecule has 0 bridgehead atoms. The normalized spacial score (nSPS) is 12.4. The molecule has 2 aromatic carbocycles. The first-order valence-electron chi connectivity index (χ1n) is 7.94. The SMILES string of the molecule is Cc1ccc(S(=O)(=O)c2nnn(-c3cccc(C(F)(F)F)c3)c2C)cc1C. The standard InChI is InChI=1S/C18H16F3N3O2S/c1-11-7-8-16(9-12(11)2)27(25,26)17-13(3)24(23-22-17)15-6-4-5-14(10-15)18(19,20)21/h4-10H,1-3H3. The highest BCUT2D eigenvalue weighted by molar-refractivity contribution is 7.91. The first kappa shape index (κ1) is 19.1. The average molecular weight is 395 g/mol. The molecule has 0 saturated heterocycles. The molecule has 3 aromatic rings. The Balaban J connectivity index is 2.09. The average Bonchev–Trinajstić information content (AvgIpc) is 2.99. The Bertz CT molecular complexity index is 1120. The van der Waals surface area contributed by atoms with E-state index in [2.05, 4.69) is 10.3 Å². The minimum atomic E-state index is -4.52. The highest BCUT2D eigenvalue weighted by Gasteiger charge is 2.31. The molecule has 0 unspecified atom stereocenters. The zero-order valence-corrected chi connectivity index (χ0v) is 15.6. The van der Waals surface area contributed by atoms with Crippen molar-refractivity contribution in [3.63, 3.8) is 0 Å². The lowest BCUT2D eigenvalue weighted by molar-refractivity contribution is -0.137. The van der Waals surface area contributed by atoms with Crippen LogP contribution < -0.4 is 0 Å². The van der Waals surface area contributed by atoms with Gasteiger partial charge in [-0.3, -0.25) is 0 Å². The third-order valence-electron chi connectivity index (χ3n) is 4.31. The highest BCUT2D eigenvalue weighted by Crippen LogP contribution is 2.31. The summed E-state index contributed by atoms with van der Waals surface area (Å²) in [5.41, 5.74) is 1.11. The number of aromatic nitrogens is 3. The number of rotatable bonds is 3. The monoisotopic (exact) mass is 395 g/mol. The van der Waals surface area contributed by atoms with E-state index in [0.717, 1.165) is 27.9 Å². The molecule has 0 aliphatic heterocycles. The molecule has 27 heavy (non-hydrogen) atoms. The third-order valence-corrected chi connectivity index (χ3v) is 6.07. The molecule has 5 nitrogen and oxygen atoms in total. The molecule has 9 heteroatoms. The zero-order valence-electron chi connectivity index (χ0n) is 14.7. The molecule has 0 aliphatic rings. The van der Waals surface area contributed by atoms with Gasteiger partial charge in [-0.25, -0.2) is 13.1 Å². The van der Waals surface area contributed by atoms with Crippen LogP contribution in [0.5, 0.6) is 0 Å². The molecule has 0 fully saturated rings. The van der Waals surface area contributed by atoms with Gasteiger partial charge in [-0.2, -0.15) is 13.2 Å². The van der Waals surface area contributed by atoms with Crippen LogP contribution in [-0.2, 0) is 16.0 Å². The molecule has 0 N–H and O–H groups in total. The van der Waals surface area contributed by atoms with E-state index in [-0.39, 0.29) is 21.3 Å². The maximum Gasteiger partial charge on any atom is 0.416 e. The summed E-state index contributed by atoms with van der Waals surface area (Å²) >= 11 is 0. The maximum absolute atomic E-state index is 12.9. The zero-order chi connectivity index (χ0) is 20.0. The molecule has 0 radical (unpaired) electrons. The van der Waals surface area contributed by atoms with Crippen LogP contribution in [0.3, 0.4) is 0 Å². The molecule has 0 atom stereocenters. The Morgan fingerprint density at radius 2 is 1.67 bits per heavy atom. The van der Waals surface area contributed by atoms with E-state index < -0.39 is 21.6 Å². The van der Waals surface area contributed by atoms with Gasteiger partial charge < -0.3 is 0 Å². The number of hydrogen-bond acceptors (Lipinski definition) is 4. The van der Waals surface area contributed by atoms with Crippen LogP contribution in [0.4, 0.5) is 13.2 Å². The Labute approximate surface area is 154 Å². The largest absolute Gasteiger partial charge is 0.416 e. The van der Waals surface area contributed by atoms with Gasteiger partial charge in [-0.05, 0) is 62.2 Å². The Morgan fingerprint density at radius 1 is 0.963 bits per heavy atom. The second-order valence-corrected chi connectivity index (χ2v) is 8.05. The molecule has 142 valence electrons. The maximum atomic E-state index is 12.9. The van der Waals surface area contributed by atoms with Crippen molar-refractivity contribution in [2.45, 2.75) is 36.9 Å². The number of sulfone groups is 1. The highest BCUT2D eigenvalue weighted by atomic mass is 32.2. The summed E-state index contributed by atoms with van der Waals surface area (Å²) in [6.07, 6.45) is -4.52. The summed E-state index contributed by atoms with van der Waals surface area (Å²) in [5, 5.41) is 7.20. The molecule has 0 saturated carbocycles. The number of halogens is 3. The van der Waals surface area contributed by atoms with Gasteiger partial charge in [0.1, 0.15) is 0 Å². The second-order valence-electron chi connectivity index (χ2n) is 6.19. The molecule has 1 heterocycles. The van der Waals surface area contributed by atoms with Gasteiger partial charge >= 0.3 is 6.18 Å². The van der Waals surface area contributed by atoms with Crippen molar-refractivity contribution in [3.05, 3.63) is 64.8 Å². The number of alkyl halides is 3. The summed E-state index contributed by atoms with van der Waals surface area (Å²) in [4.78, 5) is 0.0600. The van der Waals surface area contributed by atoms with Crippen molar-refractivity contribution in [3.8, 4) is 5.69 Å². The molecule has 3 rings (SSSR count). The quantitative estimate of drug-likeness (QED) is 0.671. The van der Waals surface area contributed by atoms with E-state index in [1.807, 2.05) is 6.92 Å². The number of benzene rings is 2. The molecule has 0 aliphatic carbocycles.